The van der Waals surface area contributed by atoms with Crippen molar-refractivity contribution in [2.24, 2.45) is 0 Å². The molecule has 0 aliphatic carbocycles. The number of rotatable bonds is 7. The highest BCUT2D eigenvalue weighted by Crippen LogP contribution is 2.30. The van der Waals surface area contributed by atoms with Crippen molar-refractivity contribution in [2.45, 2.75) is 6.42 Å². The van der Waals surface area contributed by atoms with Crippen LogP contribution in [0.3, 0.4) is 0 Å². The summed E-state index contributed by atoms with van der Waals surface area (Å²) in [4.78, 5) is 12.4. The van der Waals surface area contributed by atoms with Gasteiger partial charge < -0.3 is 24.3 Å². The maximum Gasteiger partial charge on any atom is 0.229 e. The molecule has 0 atom stereocenters. The molecule has 0 saturated heterocycles. The number of hydrogen-bond acceptors (Lipinski definition) is 5. The molecule has 128 valence electrons. The molecular weight excluding hydrogens is 310 g/mol. The van der Waals surface area contributed by atoms with Gasteiger partial charge in [0.15, 0.2) is 0 Å². The lowest BCUT2D eigenvalue weighted by atomic mass is 10.1. The fourth-order valence-electron chi connectivity index (χ4n) is 2.29. The highest BCUT2D eigenvalue weighted by molar-refractivity contribution is 5.94. The molecule has 0 saturated carbocycles. The van der Waals surface area contributed by atoms with Gasteiger partial charge in [-0.25, -0.2) is 0 Å². The van der Waals surface area contributed by atoms with Gasteiger partial charge in [0.2, 0.25) is 5.91 Å². The molecule has 2 rings (SSSR count). The first-order valence-electron chi connectivity index (χ1n) is 7.34. The van der Waals surface area contributed by atoms with Gasteiger partial charge in [-0.3, -0.25) is 4.79 Å². The zero-order valence-corrected chi connectivity index (χ0v) is 14.2. The van der Waals surface area contributed by atoms with Crippen LogP contribution in [0.4, 0.5) is 5.69 Å². The number of nitrogens with one attached hydrogen (secondary N) is 1. The number of carbonyl (C=O) groups is 1. The molecule has 0 radical (unpaired) electrons. The minimum absolute atomic E-state index is 0.148. The van der Waals surface area contributed by atoms with Gasteiger partial charge >= 0.3 is 0 Å². The van der Waals surface area contributed by atoms with Crippen LogP contribution < -0.4 is 24.3 Å². The highest BCUT2D eigenvalue weighted by Gasteiger charge is 2.13. The topological polar surface area (TPSA) is 66.0 Å². The van der Waals surface area contributed by atoms with Crippen LogP contribution in [0.15, 0.2) is 36.4 Å². The molecule has 0 aliphatic heterocycles. The number of anilines is 1. The molecule has 0 aliphatic rings. The average molecular weight is 331 g/mol. The second-order valence-corrected chi connectivity index (χ2v) is 4.97. The van der Waals surface area contributed by atoms with Crippen molar-refractivity contribution in [1.29, 1.82) is 0 Å². The maximum atomic E-state index is 12.4. The maximum absolute atomic E-state index is 12.4. The minimum Gasteiger partial charge on any atom is -0.497 e. The Morgan fingerprint density at radius 1 is 0.833 bits per heavy atom. The minimum atomic E-state index is -0.190. The summed E-state index contributed by atoms with van der Waals surface area (Å²) in [5.41, 5.74) is 1.31. The largest absolute Gasteiger partial charge is 0.497 e. The van der Waals surface area contributed by atoms with E-state index >= 15 is 0 Å². The Morgan fingerprint density at radius 3 is 2.08 bits per heavy atom. The molecule has 2 aromatic carbocycles. The second-order valence-electron chi connectivity index (χ2n) is 4.97. The van der Waals surface area contributed by atoms with Crippen LogP contribution in [0, 0.1) is 0 Å². The molecule has 0 unspecified atom stereocenters. The summed E-state index contributed by atoms with van der Waals surface area (Å²) in [6.07, 6.45) is 0.148. The third kappa shape index (κ3) is 4.10. The van der Waals surface area contributed by atoms with Gasteiger partial charge in [-0.1, -0.05) is 0 Å². The molecule has 2 aromatic rings. The Kier molecular flexibility index (Phi) is 5.89. The van der Waals surface area contributed by atoms with Gasteiger partial charge in [-0.2, -0.15) is 0 Å². The number of benzene rings is 2. The van der Waals surface area contributed by atoms with Crippen LogP contribution in [0.1, 0.15) is 5.56 Å². The normalized spacial score (nSPS) is 10.0. The zero-order valence-electron chi connectivity index (χ0n) is 14.2. The van der Waals surface area contributed by atoms with Crippen LogP contribution in [-0.2, 0) is 11.2 Å². The Hall–Kier alpha value is -2.89. The van der Waals surface area contributed by atoms with Crippen molar-refractivity contribution in [2.75, 3.05) is 33.8 Å². The van der Waals surface area contributed by atoms with Gasteiger partial charge in [-0.05, 0) is 30.3 Å². The third-order valence-corrected chi connectivity index (χ3v) is 3.52. The molecule has 0 fully saturated rings. The Bertz CT molecular complexity index is 715. The third-order valence-electron chi connectivity index (χ3n) is 3.52. The van der Waals surface area contributed by atoms with E-state index in [-0.39, 0.29) is 12.3 Å². The Labute approximate surface area is 141 Å². The SMILES string of the molecule is COc1ccc(OC)c(CC(=O)Nc2ccc(OC)cc2OC)c1. The standard InChI is InChI=1S/C18H21NO5/c1-21-13-6-8-16(23-3)12(9-13)10-18(20)19-15-7-5-14(22-2)11-17(15)24-4/h5-9,11H,10H2,1-4H3,(H,19,20). The molecule has 0 aromatic heterocycles. The van der Waals surface area contributed by atoms with E-state index in [1.165, 1.54) is 7.11 Å². The number of hydrogen-bond donors (Lipinski definition) is 1. The number of ether oxygens (including phenoxy) is 4. The second kappa shape index (κ2) is 8.10. The smallest absolute Gasteiger partial charge is 0.229 e. The van der Waals surface area contributed by atoms with Gasteiger partial charge in [0.25, 0.3) is 0 Å². The van der Waals surface area contributed by atoms with Crippen molar-refractivity contribution in [3.8, 4) is 23.0 Å². The fraction of sp³-hybridized carbons (Fsp3) is 0.278. The number of amides is 1. The monoisotopic (exact) mass is 331 g/mol. The fourth-order valence-corrected chi connectivity index (χ4v) is 2.29. The number of methoxy groups -OCH3 is 4. The molecule has 1 amide bonds. The first kappa shape index (κ1) is 17.5. The molecule has 0 bridgehead atoms. The average Bonchev–Trinajstić information content (AvgIpc) is 2.61. The van der Waals surface area contributed by atoms with E-state index < -0.39 is 0 Å². The van der Waals surface area contributed by atoms with Crippen LogP contribution in [-0.4, -0.2) is 34.3 Å². The molecule has 0 spiro atoms. The van der Waals surface area contributed by atoms with Gasteiger partial charge in [0, 0.05) is 11.6 Å². The molecule has 6 nitrogen and oxygen atoms in total. The van der Waals surface area contributed by atoms with E-state index in [1.54, 1.807) is 57.7 Å². The predicted octanol–water partition coefficient (Wildman–Crippen LogP) is 2.90. The lowest BCUT2D eigenvalue weighted by Crippen LogP contribution is -2.15. The summed E-state index contributed by atoms with van der Waals surface area (Å²) in [7, 11) is 6.25. The van der Waals surface area contributed by atoms with E-state index in [9.17, 15) is 4.79 Å². The Balaban J connectivity index is 2.16. The van der Waals surface area contributed by atoms with E-state index in [0.29, 0.717) is 28.7 Å². The molecule has 0 heterocycles. The van der Waals surface area contributed by atoms with Crippen molar-refractivity contribution in [3.05, 3.63) is 42.0 Å². The van der Waals surface area contributed by atoms with Gasteiger partial charge in [-0.15, -0.1) is 0 Å². The summed E-state index contributed by atoms with van der Waals surface area (Å²) in [6.45, 7) is 0. The predicted molar refractivity (Wildman–Crippen MR) is 91.4 cm³/mol. The first-order chi connectivity index (χ1) is 11.6. The molecule has 6 heteroatoms. The lowest BCUT2D eigenvalue weighted by Gasteiger charge is -2.13. The Morgan fingerprint density at radius 2 is 1.46 bits per heavy atom. The number of carbonyl (C=O) groups excluding carboxylic acids is 1. The van der Waals surface area contributed by atoms with Crippen LogP contribution in [0.2, 0.25) is 0 Å². The summed E-state index contributed by atoms with van der Waals surface area (Å²) < 4.78 is 20.9. The lowest BCUT2D eigenvalue weighted by molar-refractivity contribution is -0.115. The summed E-state index contributed by atoms with van der Waals surface area (Å²) in [5, 5.41) is 2.83. The van der Waals surface area contributed by atoms with E-state index in [1.807, 2.05) is 0 Å². The molecular formula is C18H21NO5. The van der Waals surface area contributed by atoms with Crippen molar-refractivity contribution in [3.63, 3.8) is 0 Å². The van der Waals surface area contributed by atoms with E-state index in [0.717, 1.165) is 5.56 Å². The molecule has 24 heavy (non-hydrogen) atoms. The van der Waals surface area contributed by atoms with Gasteiger partial charge in [0.05, 0.1) is 40.5 Å². The van der Waals surface area contributed by atoms with Crippen LogP contribution >= 0.6 is 0 Å². The quantitative estimate of drug-likeness (QED) is 0.845. The summed E-state index contributed by atoms with van der Waals surface area (Å²) in [5.74, 6) is 2.29. The first-order valence-corrected chi connectivity index (χ1v) is 7.34. The van der Waals surface area contributed by atoms with E-state index in [4.69, 9.17) is 18.9 Å². The van der Waals surface area contributed by atoms with Crippen LogP contribution in [0.5, 0.6) is 23.0 Å². The van der Waals surface area contributed by atoms with Gasteiger partial charge in [0.1, 0.15) is 23.0 Å². The summed E-state index contributed by atoms with van der Waals surface area (Å²) >= 11 is 0. The summed E-state index contributed by atoms with van der Waals surface area (Å²) in [6, 6.07) is 10.5. The van der Waals surface area contributed by atoms with Crippen molar-refractivity contribution in [1.82, 2.24) is 0 Å². The van der Waals surface area contributed by atoms with Crippen molar-refractivity contribution >= 4 is 11.6 Å². The van der Waals surface area contributed by atoms with E-state index in [2.05, 4.69) is 5.32 Å². The zero-order chi connectivity index (χ0) is 17.5. The van der Waals surface area contributed by atoms with Crippen molar-refractivity contribution < 1.29 is 23.7 Å². The van der Waals surface area contributed by atoms with Crippen LogP contribution in [0.25, 0.3) is 0 Å². The highest BCUT2D eigenvalue weighted by atomic mass is 16.5. The molecule has 1 N–H and O–H groups in total.